The monoisotopic (exact) mass is 265 g/mol. The molecule has 0 spiro atoms. The van der Waals surface area contributed by atoms with Crippen molar-refractivity contribution in [3.8, 4) is 5.75 Å². The Kier molecular flexibility index (Phi) is 4.74. The lowest BCUT2D eigenvalue weighted by Crippen LogP contribution is -2.10. The standard InChI is InChI=1S/C10H10Cl3NO/c1-6(4-14)5-15-10-3-8(12)7(11)2-9(10)13/h2-3H,1,4-5,14H2. The minimum atomic E-state index is 0.314. The van der Waals surface area contributed by atoms with Gasteiger partial charge in [0.2, 0.25) is 0 Å². The molecule has 1 rings (SSSR count). The van der Waals surface area contributed by atoms with Crippen molar-refractivity contribution in [2.24, 2.45) is 5.73 Å². The van der Waals surface area contributed by atoms with Gasteiger partial charge in [-0.15, -0.1) is 0 Å². The number of halogens is 3. The Morgan fingerprint density at radius 2 is 1.80 bits per heavy atom. The third kappa shape index (κ3) is 3.58. The first kappa shape index (κ1) is 12.7. The number of ether oxygens (including phenoxy) is 1. The molecule has 0 aliphatic carbocycles. The average Bonchev–Trinajstić information content (AvgIpc) is 2.21. The Morgan fingerprint density at radius 3 is 2.40 bits per heavy atom. The first-order valence-corrected chi connectivity index (χ1v) is 5.32. The van der Waals surface area contributed by atoms with E-state index < -0.39 is 0 Å². The van der Waals surface area contributed by atoms with E-state index in [9.17, 15) is 0 Å². The van der Waals surface area contributed by atoms with E-state index in [1.54, 1.807) is 6.07 Å². The summed E-state index contributed by atoms with van der Waals surface area (Å²) in [6.45, 7) is 4.39. The largest absolute Gasteiger partial charge is 0.488 e. The molecule has 0 bridgehead atoms. The molecule has 15 heavy (non-hydrogen) atoms. The molecule has 0 heterocycles. The van der Waals surface area contributed by atoms with Gasteiger partial charge in [-0.25, -0.2) is 0 Å². The molecular weight excluding hydrogens is 256 g/mol. The average molecular weight is 267 g/mol. The highest BCUT2D eigenvalue weighted by molar-refractivity contribution is 6.43. The van der Waals surface area contributed by atoms with E-state index in [4.69, 9.17) is 45.3 Å². The van der Waals surface area contributed by atoms with Gasteiger partial charge in [-0.1, -0.05) is 41.4 Å². The highest BCUT2D eigenvalue weighted by Gasteiger charge is 2.07. The molecule has 0 amide bonds. The number of hydrogen-bond donors (Lipinski definition) is 1. The van der Waals surface area contributed by atoms with Gasteiger partial charge in [0, 0.05) is 12.6 Å². The van der Waals surface area contributed by atoms with Crippen LogP contribution in [0, 0.1) is 0 Å². The lowest BCUT2D eigenvalue weighted by atomic mass is 10.3. The summed E-state index contributed by atoms with van der Waals surface area (Å²) in [7, 11) is 0. The van der Waals surface area contributed by atoms with Crippen LogP contribution in [0.3, 0.4) is 0 Å². The van der Waals surface area contributed by atoms with Gasteiger partial charge < -0.3 is 10.5 Å². The maximum absolute atomic E-state index is 5.90. The van der Waals surface area contributed by atoms with E-state index in [1.165, 1.54) is 6.07 Å². The van der Waals surface area contributed by atoms with Crippen molar-refractivity contribution < 1.29 is 4.74 Å². The Hall–Kier alpha value is -0.410. The Labute approximate surface area is 104 Å². The van der Waals surface area contributed by atoms with Crippen molar-refractivity contribution in [3.63, 3.8) is 0 Å². The van der Waals surface area contributed by atoms with Crippen molar-refractivity contribution in [2.45, 2.75) is 0 Å². The van der Waals surface area contributed by atoms with E-state index in [0.29, 0.717) is 34.0 Å². The molecule has 0 unspecified atom stereocenters. The van der Waals surface area contributed by atoms with Crippen LogP contribution in [-0.4, -0.2) is 13.2 Å². The number of hydrogen-bond acceptors (Lipinski definition) is 2. The Balaban J connectivity index is 2.77. The molecule has 0 aromatic heterocycles. The lowest BCUT2D eigenvalue weighted by molar-refractivity contribution is 0.351. The van der Waals surface area contributed by atoms with Crippen molar-refractivity contribution in [2.75, 3.05) is 13.2 Å². The highest BCUT2D eigenvalue weighted by Crippen LogP contribution is 2.33. The molecular formula is C10H10Cl3NO. The quantitative estimate of drug-likeness (QED) is 0.668. The van der Waals surface area contributed by atoms with E-state index >= 15 is 0 Å². The second kappa shape index (κ2) is 5.61. The first-order chi connectivity index (χ1) is 7.04. The molecule has 0 aliphatic heterocycles. The summed E-state index contributed by atoms with van der Waals surface area (Å²) < 4.78 is 5.37. The molecule has 0 aliphatic rings. The van der Waals surface area contributed by atoms with Gasteiger partial charge >= 0.3 is 0 Å². The Morgan fingerprint density at radius 1 is 1.20 bits per heavy atom. The van der Waals surface area contributed by atoms with Crippen molar-refractivity contribution in [1.82, 2.24) is 0 Å². The van der Waals surface area contributed by atoms with E-state index in [1.807, 2.05) is 0 Å². The minimum absolute atomic E-state index is 0.314. The molecule has 0 fully saturated rings. The fraction of sp³-hybridized carbons (Fsp3) is 0.200. The van der Waals surface area contributed by atoms with Gasteiger partial charge in [-0.2, -0.15) is 0 Å². The first-order valence-electron chi connectivity index (χ1n) is 4.18. The number of benzene rings is 1. The summed E-state index contributed by atoms with van der Waals surface area (Å²) in [5, 5.41) is 1.20. The van der Waals surface area contributed by atoms with Crippen LogP contribution in [0.2, 0.25) is 15.1 Å². The molecule has 82 valence electrons. The van der Waals surface area contributed by atoms with Crippen molar-refractivity contribution in [1.29, 1.82) is 0 Å². The fourth-order valence-electron chi connectivity index (χ4n) is 0.854. The van der Waals surface area contributed by atoms with Gasteiger partial charge in [-0.3, -0.25) is 0 Å². The molecule has 0 atom stereocenters. The predicted molar refractivity (Wildman–Crippen MR) is 65.2 cm³/mol. The van der Waals surface area contributed by atoms with E-state index in [-0.39, 0.29) is 0 Å². The summed E-state index contributed by atoms with van der Waals surface area (Å²) in [4.78, 5) is 0. The summed E-state index contributed by atoms with van der Waals surface area (Å²) in [5.41, 5.74) is 6.14. The van der Waals surface area contributed by atoms with Crippen LogP contribution < -0.4 is 10.5 Å². The van der Waals surface area contributed by atoms with Gasteiger partial charge in [0.25, 0.3) is 0 Å². The number of nitrogens with two attached hydrogens (primary N) is 1. The minimum Gasteiger partial charge on any atom is -0.488 e. The smallest absolute Gasteiger partial charge is 0.139 e. The van der Waals surface area contributed by atoms with Crippen LogP contribution in [0.5, 0.6) is 5.75 Å². The maximum Gasteiger partial charge on any atom is 0.139 e. The van der Waals surface area contributed by atoms with Crippen LogP contribution in [0.4, 0.5) is 0 Å². The molecule has 1 aromatic carbocycles. The third-order valence-electron chi connectivity index (χ3n) is 1.70. The van der Waals surface area contributed by atoms with Crippen LogP contribution in [0.15, 0.2) is 24.3 Å². The van der Waals surface area contributed by atoms with Crippen molar-refractivity contribution in [3.05, 3.63) is 39.4 Å². The molecule has 2 nitrogen and oxygen atoms in total. The number of rotatable bonds is 4. The summed E-state index contributed by atoms with van der Waals surface area (Å²) >= 11 is 17.5. The molecule has 2 N–H and O–H groups in total. The van der Waals surface area contributed by atoms with Crippen LogP contribution in [0.1, 0.15) is 0 Å². The third-order valence-corrected chi connectivity index (χ3v) is 2.71. The molecule has 0 radical (unpaired) electrons. The zero-order chi connectivity index (χ0) is 11.4. The predicted octanol–water partition coefficient (Wildman–Crippen LogP) is 3.54. The summed E-state index contributed by atoms with van der Waals surface area (Å²) in [6.07, 6.45) is 0. The zero-order valence-corrected chi connectivity index (χ0v) is 10.2. The molecule has 0 saturated heterocycles. The van der Waals surface area contributed by atoms with Crippen molar-refractivity contribution >= 4 is 34.8 Å². The van der Waals surface area contributed by atoms with Crippen LogP contribution in [0.25, 0.3) is 0 Å². The topological polar surface area (TPSA) is 35.2 Å². The molecule has 5 heteroatoms. The fourth-order valence-corrected chi connectivity index (χ4v) is 1.45. The maximum atomic E-state index is 5.90. The summed E-state index contributed by atoms with van der Waals surface area (Å²) in [6, 6.07) is 3.10. The van der Waals surface area contributed by atoms with E-state index in [0.717, 1.165) is 5.57 Å². The van der Waals surface area contributed by atoms with Gasteiger partial charge in [0.15, 0.2) is 0 Å². The molecule has 0 saturated carbocycles. The lowest BCUT2D eigenvalue weighted by Gasteiger charge is -2.09. The van der Waals surface area contributed by atoms with Crippen LogP contribution >= 0.6 is 34.8 Å². The Bertz CT molecular complexity index is 379. The summed E-state index contributed by atoms with van der Waals surface area (Å²) in [5.74, 6) is 0.473. The van der Waals surface area contributed by atoms with Gasteiger partial charge in [0.1, 0.15) is 12.4 Å². The van der Waals surface area contributed by atoms with Crippen LogP contribution in [-0.2, 0) is 0 Å². The molecule has 1 aromatic rings. The zero-order valence-electron chi connectivity index (χ0n) is 7.90. The normalized spacial score (nSPS) is 10.1. The highest BCUT2D eigenvalue weighted by atomic mass is 35.5. The van der Waals surface area contributed by atoms with Gasteiger partial charge in [-0.05, 0) is 11.6 Å². The van der Waals surface area contributed by atoms with Gasteiger partial charge in [0.05, 0.1) is 15.1 Å². The van der Waals surface area contributed by atoms with E-state index in [2.05, 4.69) is 6.58 Å². The SMILES string of the molecule is C=C(CN)COc1cc(Cl)c(Cl)cc1Cl. The second-order valence-electron chi connectivity index (χ2n) is 2.94. The second-order valence-corrected chi connectivity index (χ2v) is 4.16.